The predicted molar refractivity (Wildman–Crippen MR) is 109 cm³/mol. The quantitative estimate of drug-likeness (QED) is 0.689. The zero-order valence-electron chi connectivity index (χ0n) is 15.1. The van der Waals surface area contributed by atoms with Gasteiger partial charge in [-0.1, -0.05) is 0 Å². The molecule has 8 heteroatoms. The standard InChI is InChI=1S/C19H22N6OS/c1-3-20-19(15-2-12-27-16(1)15)25-6-4-23(5-7-25)17-13-18(22-14-21-17)24-8-10-26-11-9-24/h1-3,12-14H,4-11H2. The molecule has 0 aromatic carbocycles. The number of anilines is 3. The summed E-state index contributed by atoms with van der Waals surface area (Å²) in [6.07, 6.45) is 3.60. The van der Waals surface area contributed by atoms with Crippen molar-refractivity contribution in [1.29, 1.82) is 0 Å². The maximum atomic E-state index is 5.44. The van der Waals surface area contributed by atoms with Gasteiger partial charge in [-0.15, -0.1) is 11.3 Å². The monoisotopic (exact) mass is 382 g/mol. The van der Waals surface area contributed by atoms with Crippen molar-refractivity contribution in [3.8, 4) is 0 Å². The van der Waals surface area contributed by atoms with Crippen LogP contribution in [0.1, 0.15) is 0 Å². The first kappa shape index (κ1) is 16.7. The summed E-state index contributed by atoms with van der Waals surface area (Å²) in [5.41, 5.74) is 0. The summed E-state index contributed by atoms with van der Waals surface area (Å²) in [5.74, 6) is 3.10. The van der Waals surface area contributed by atoms with E-state index < -0.39 is 0 Å². The molecule has 0 spiro atoms. The number of piperazine rings is 1. The number of pyridine rings is 1. The molecule has 2 fully saturated rings. The van der Waals surface area contributed by atoms with Crippen molar-refractivity contribution in [3.05, 3.63) is 36.1 Å². The third kappa shape index (κ3) is 3.30. The molecular formula is C19H22N6OS. The van der Waals surface area contributed by atoms with E-state index in [-0.39, 0.29) is 0 Å². The van der Waals surface area contributed by atoms with Crippen LogP contribution in [-0.4, -0.2) is 67.4 Å². The number of hydrogen-bond acceptors (Lipinski definition) is 8. The van der Waals surface area contributed by atoms with Gasteiger partial charge in [0.25, 0.3) is 0 Å². The average molecular weight is 382 g/mol. The van der Waals surface area contributed by atoms with Crippen LogP contribution in [0, 0.1) is 0 Å². The highest BCUT2D eigenvalue weighted by molar-refractivity contribution is 7.17. The number of nitrogens with zero attached hydrogens (tertiary/aromatic N) is 6. The van der Waals surface area contributed by atoms with Crippen molar-refractivity contribution in [2.75, 3.05) is 67.2 Å². The van der Waals surface area contributed by atoms with Crippen LogP contribution in [0.5, 0.6) is 0 Å². The maximum absolute atomic E-state index is 5.44. The number of hydrogen-bond donors (Lipinski definition) is 0. The second kappa shape index (κ2) is 7.28. The summed E-state index contributed by atoms with van der Waals surface area (Å²) in [4.78, 5) is 20.6. The lowest BCUT2D eigenvalue weighted by molar-refractivity contribution is 0.122. The Bertz CT molecular complexity index is 917. The molecule has 0 bridgehead atoms. The molecule has 2 saturated heterocycles. The number of fused-ring (bicyclic) bond motifs is 1. The molecule has 3 aromatic rings. The smallest absolute Gasteiger partial charge is 0.137 e. The number of ether oxygens (including phenoxy) is 1. The molecular weight excluding hydrogens is 360 g/mol. The normalized spacial score (nSPS) is 18.3. The highest BCUT2D eigenvalue weighted by Crippen LogP contribution is 2.29. The van der Waals surface area contributed by atoms with Crippen LogP contribution in [0.4, 0.5) is 17.5 Å². The molecule has 0 unspecified atom stereocenters. The van der Waals surface area contributed by atoms with Crippen LogP contribution in [0.15, 0.2) is 36.1 Å². The van der Waals surface area contributed by atoms with Crippen molar-refractivity contribution >= 4 is 38.9 Å². The molecule has 5 heterocycles. The first-order chi connectivity index (χ1) is 13.4. The molecule has 140 valence electrons. The number of aromatic nitrogens is 3. The molecule has 0 atom stereocenters. The van der Waals surface area contributed by atoms with Gasteiger partial charge in [0, 0.05) is 61.6 Å². The summed E-state index contributed by atoms with van der Waals surface area (Å²) in [6, 6.07) is 6.38. The van der Waals surface area contributed by atoms with Crippen LogP contribution >= 0.6 is 11.3 Å². The van der Waals surface area contributed by atoms with Crippen molar-refractivity contribution in [3.63, 3.8) is 0 Å². The van der Waals surface area contributed by atoms with Crippen LogP contribution < -0.4 is 14.7 Å². The molecule has 0 aliphatic carbocycles. The Kier molecular flexibility index (Phi) is 4.51. The largest absolute Gasteiger partial charge is 0.378 e. The number of rotatable bonds is 3. The summed E-state index contributed by atoms with van der Waals surface area (Å²) in [5, 5.41) is 3.40. The van der Waals surface area contributed by atoms with Gasteiger partial charge in [-0.2, -0.15) is 0 Å². The molecule has 2 aliphatic rings. The van der Waals surface area contributed by atoms with E-state index in [1.54, 1.807) is 17.7 Å². The van der Waals surface area contributed by atoms with E-state index in [2.05, 4.69) is 53.2 Å². The van der Waals surface area contributed by atoms with E-state index in [1.165, 1.54) is 10.1 Å². The van der Waals surface area contributed by atoms with Gasteiger partial charge in [0.1, 0.15) is 23.8 Å². The SMILES string of the molecule is c1nc(N2CCOCC2)cc(N2CCN(c3nccc4sccc34)CC2)n1. The molecule has 0 saturated carbocycles. The summed E-state index contributed by atoms with van der Waals surface area (Å²) >= 11 is 1.77. The Morgan fingerprint density at radius 1 is 0.815 bits per heavy atom. The average Bonchev–Trinajstić information content (AvgIpc) is 3.24. The van der Waals surface area contributed by atoms with Crippen molar-refractivity contribution in [1.82, 2.24) is 15.0 Å². The van der Waals surface area contributed by atoms with E-state index in [1.807, 2.05) is 6.20 Å². The fraction of sp³-hybridized carbons (Fsp3) is 0.421. The molecule has 3 aromatic heterocycles. The van der Waals surface area contributed by atoms with Gasteiger partial charge < -0.3 is 19.4 Å². The van der Waals surface area contributed by atoms with Crippen molar-refractivity contribution in [2.45, 2.75) is 0 Å². The lowest BCUT2D eigenvalue weighted by atomic mass is 10.2. The topological polar surface area (TPSA) is 57.6 Å². The summed E-state index contributed by atoms with van der Waals surface area (Å²) < 4.78 is 6.74. The number of thiophene rings is 1. The highest BCUT2D eigenvalue weighted by Gasteiger charge is 2.22. The third-order valence-corrected chi connectivity index (χ3v) is 6.12. The van der Waals surface area contributed by atoms with Gasteiger partial charge in [0.15, 0.2) is 0 Å². The first-order valence-corrected chi connectivity index (χ1v) is 10.2. The second-order valence-electron chi connectivity index (χ2n) is 6.77. The Labute approximate surface area is 162 Å². The van der Waals surface area contributed by atoms with Crippen molar-refractivity contribution < 1.29 is 4.74 Å². The predicted octanol–water partition coefficient (Wildman–Crippen LogP) is 2.25. The Hall–Kier alpha value is -2.45. The zero-order valence-corrected chi connectivity index (χ0v) is 15.9. The van der Waals surface area contributed by atoms with Crippen molar-refractivity contribution in [2.24, 2.45) is 0 Å². The van der Waals surface area contributed by atoms with E-state index in [0.717, 1.165) is 69.9 Å². The lowest BCUT2D eigenvalue weighted by Crippen LogP contribution is -2.47. The second-order valence-corrected chi connectivity index (χ2v) is 7.72. The van der Waals surface area contributed by atoms with Gasteiger partial charge >= 0.3 is 0 Å². The molecule has 5 rings (SSSR count). The van der Waals surface area contributed by atoms with E-state index in [4.69, 9.17) is 4.74 Å². The molecule has 0 amide bonds. The minimum absolute atomic E-state index is 0.763. The Morgan fingerprint density at radius 3 is 2.30 bits per heavy atom. The molecule has 0 radical (unpaired) electrons. The van der Waals surface area contributed by atoms with E-state index >= 15 is 0 Å². The third-order valence-electron chi connectivity index (χ3n) is 5.24. The number of morpholine rings is 1. The van der Waals surface area contributed by atoms with Gasteiger partial charge in [-0.05, 0) is 17.5 Å². The molecule has 7 nitrogen and oxygen atoms in total. The Balaban J connectivity index is 1.30. The van der Waals surface area contributed by atoms with Gasteiger partial charge in [0.05, 0.1) is 13.2 Å². The Morgan fingerprint density at radius 2 is 1.52 bits per heavy atom. The zero-order chi connectivity index (χ0) is 18.1. The summed E-state index contributed by atoms with van der Waals surface area (Å²) in [6.45, 7) is 7.06. The highest BCUT2D eigenvalue weighted by atomic mass is 32.1. The minimum atomic E-state index is 0.763. The lowest BCUT2D eigenvalue weighted by Gasteiger charge is -2.36. The summed E-state index contributed by atoms with van der Waals surface area (Å²) in [7, 11) is 0. The van der Waals surface area contributed by atoms with Crippen LogP contribution in [0.3, 0.4) is 0 Å². The molecule has 2 aliphatic heterocycles. The molecule has 27 heavy (non-hydrogen) atoms. The van der Waals surface area contributed by atoms with Gasteiger partial charge in [-0.3, -0.25) is 0 Å². The van der Waals surface area contributed by atoms with Gasteiger partial charge in [-0.25, -0.2) is 15.0 Å². The van der Waals surface area contributed by atoms with Crippen LogP contribution in [0.2, 0.25) is 0 Å². The maximum Gasteiger partial charge on any atom is 0.137 e. The van der Waals surface area contributed by atoms with Crippen LogP contribution in [-0.2, 0) is 4.74 Å². The van der Waals surface area contributed by atoms with Gasteiger partial charge in [0.2, 0.25) is 0 Å². The minimum Gasteiger partial charge on any atom is -0.378 e. The van der Waals surface area contributed by atoms with E-state index in [0.29, 0.717) is 0 Å². The fourth-order valence-corrected chi connectivity index (χ4v) is 4.53. The van der Waals surface area contributed by atoms with Crippen LogP contribution in [0.25, 0.3) is 10.1 Å². The molecule has 0 N–H and O–H groups in total. The van der Waals surface area contributed by atoms with E-state index in [9.17, 15) is 0 Å². The fourth-order valence-electron chi connectivity index (χ4n) is 3.75. The first-order valence-electron chi connectivity index (χ1n) is 9.35.